The van der Waals surface area contributed by atoms with Gasteiger partial charge >= 0.3 is 0 Å². The normalized spacial score (nSPS) is 11.9. The third-order valence-corrected chi connectivity index (χ3v) is 10.4. The summed E-state index contributed by atoms with van der Waals surface area (Å²) in [5, 5.41) is 7.21. The van der Waals surface area contributed by atoms with Crippen LogP contribution in [0.4, 0.5) is 17.1 Å². The van der Waals surface area contributed by atoms with Crippen LogP contribution in [-0.2, 0) is 0 Å². The number of fused-ring (bicyclic) bond motifs is 8. The van der Waals surface area contributed by atoms with Crippen molar-refractivity contribution in [2.75, 3.05) is 4.90 Å². The minimum atomic E-state index is 0.368. The Hall–Kier alpha value is -5.38. The third kappa shape index (κ3) is 4.23. The first-order valence-corrected chi connectivity index (χ1v) is 16.7. The summed E-state index contributed by atoms with van der Waals surface area (Å²) < 4.78 is 9.27. The molecule has 0 unspecified atom stereocenters. The lowest BCUT2D eigenvalue weighted by molar-refractivity contribution is 0.672. The molecule has 7 aromatic carbocycles. The molecule has 9 rings (SSSR count). The zero-order chi connectivity index (χ0) is 30.8. The summed E-state index contributed by atoms with van der Waals surface area (Å²) in [5.74, 6) is 0.368. The van der Waals surface area contributed by atoms with E-state index >= 15 is 0 Å². The number of rotatable bonds is 5. The molecule has 0 saturated carbocycles. The van der Waals surface area contributed by atoms with Crippen molar-refractivity contribution in [1.82, 2.24) is 0 Å². The second-order valence-corrected chi connectivity index (χ2v) is 13.4. The van der Waals surface area contributed by atoms with Crippen LogP contribution < -0.4 is 4.90 Å². The summed E-state index contributed by atoms with van der Waals surface area (Å²) in [6.07, 6.45) is 0. The molecule has 9 aromatic rings. The second kappa shape index (κ2) is 10.6. The molecule has 0 saturated heterocycles. The van der Waals surface area contributed by atoms with Gasteiger partial charge in [0.15, 0.2) is 0 Å². The van der Waals surface area contributed by atoms with Crippen LogP contribution in [0, 0.1) is 0 Å². The molecule has 0 atom stereocenters. The van der Waals surface area contributed by atoms with Crippen LogP contribution in [0.15, 0.2) is 150 Å². The molecule has 0 bridgehead atoms. The van der Waals surface area contributed by atoms with Gasteiger partial charge in [-0.1, -0.05) is 111 Å². The van der Waals surface area contributed by atoms with E-state index in [0.29, 0.717) is 5.92 Å². The molecule has 46 heavy (non-hydrogen) atoms. The van der Waals surface area contributed by atoms with Crippen LogP contribution in [0.5, 0.6) is 0 Å². The molecular weight excluding hydrogens is 579 g/mol. The molecule has 0 radical (unpaired) electrons. The molecule has 220 valence electrons. The van der Waals surface area contributed by atoms with E-state index in [2.05, 4.69) is 164 Å². The Morgan fingerprint density at radius 2 is 1.22 bits per heavy atom. The van der Waals surface area contributed by atoms with Crippen LogP contribution in [0.3, 0.4) is 0 Å². The van der Waals surface area contributed by atoms with E-state index in [4.69, 9.17) is 4.42 Å². The maximum atomic E-state index is 6.66. The average Bonchev–Trinajstić information content (AvgIpc) is 3.67. The number of hydrogen-bond acceptors (Lipinski definition) is 3. The molecule has 2 aromatic heterocycles. The summed E-state index contributed by atoms with van der Waals surface area (Å²) in [5.41, 5.74) is 8.95. The molecule has 0 N–H and O–H groups in total. The number of furan rings is 1. The van der Waals surface area contributed by atoms with E-state index in [1.807, 2.05) is 11.3 Å². The van der Waals surface area contributed by atoms with Gasteiger partial charge < -0.3 is 9.32 Å². The van der Waals surface area contributed by atoms with Gasteiger partial charge in [0, 0.05) is 53.1 Å². The molecule has 0 spiro atoms. The van der Waals surface area contributed by atoms with Crippen LogP contribution in [0.1, 0.15) is 25.3 Å². The van der Waals surface area contributed by atoms with Crippen molar-refractivity contribution in [3.05, 3.63) is 151 Å². The van der Waals surface area contributed by atoms with Crippen LogP contribution in [0.25, 0.3) is 64.0 Å². The fourth-order valence-corrected chi connectivity index (χ4v) is 8.14. The van der Waals surface area contributed by atoms with Gasteiger partial charge in [0.25, 0.3) is 0 Å². The van der Waals surface area contributed by atoms with E-state index in [1.54, 1.807) is 0 Å². The van der Waals surface area contributed by atoms with Gasteiger partial charge in [-0.25, -0.2) is 0 Å². The summed E-state index contributed by atoms with van der Waals surface area (Å²) >= 11 is 1.85. The highest BCUT2D eigenvalue weighted by atomic mass is 32.1. The Morgan fingerprint density at radius 1 is 0.522 bits per heavy atom. The van der Waals surface area contributed by atoms with Crippen molar-refractivity contribution in [3.63, 3.8) is 0 Å². The highest BCUT2D eigenvalue weighted by molar-refractivity contribution is 7.25. The average molecular weight is 610 g/mol. The topological polar surface area (TPSA) is 16.4 Å². The van der Waals surface area contributed by atoms with Crippen LogP contribution in [0.2, 0.25) is 0 Å². The van der Waals surface area contributed by atoms with E-state index in [0.717, 1.165) is 44.4 Å². The van der Waals surface area contributed by atoms with E-state index in [-0.39, 0.29) is 0 Å². The van der Waals surface area contributed by atoms with Gasteiger partial charge in [0.2, 0.25) is 0 Å². The standard InChI is InChI=1S/C43H31NOS/c1-27(2)32-19-11-20-39-42(32)37-26-38(33-16-6-7-18-35(33)43(37)45-39)44(30-15-10-14-29(24-30)28-12-4-3-5-13-28)31-22-23-41-36(25-31)34-17-8-9-21-40(34)46-41/h3-27H,1-2H3. The molecule has 0 aliphatic rings. The smallest absolute Gasteiger partial charge is 0.143 e. The highest BCUT2D eigenvalue weighted by Crippen LogP contribution is 2.47. The fraction of sp³-hybridized carbons (Fsp3) is 0.0698. The maximum absolute atomic E-state index is 6.66. The van der Waals surface area contributed by atoms with Crippen molar-refractivity contribution in [3.8, 4) is 11.1 Å². The van der Waals surface area contributed by atoms with Crippen LogP contribution in [-0.4, -0.2) is 0 Å². The summed E-state index contributed by atoms with van der Waals surface area (Å²) in [7, 11) is 0. The largest absolute Gasteiger partial charge is 0.455 e. The van der Waals surface area contributed by atoms with Crippen molar-refractivity contribution < 1.29 is 4.42 Å². The Bertz CT molecular complexity index is 2570. The zero-order valence-corrected chi connectivity index (χ0v) is 26.5. The SMILES string of the molecule is CC(C)c1cccc2oc3c4ccccc4c(N(c4cccc(-c5ccccc5)c4)c4ccc5sc6ccccc6c5c4)cc3c12. The minimum Gasteiger partial charge on any atom is -0.455 e. The van der Waals surface area contributed by atoms with Gasteiger partial charge in [-0.15, -0.1) is 11.3 Å². The maximum Gasteiger partial charge on any atom is 0.143 e. The Balaban J connectivity index is 1.38. The number of benzene rings is 7. The van der Waals surface area contributed by atoms with Crippen molar-refractivity contribution in [1.29, 1.82) is 0 Å². The first-order valence-electron chi connectivity index (χ1n) is 15.9. The van der Waals surface area contributed by atoms with E-state index in [9.17, 15) is 0 Å². The second-order valence-electron chi connectivity index (χ2n) is 12.3. The van der Waals surface area contributed by atoms with Crippen molar-refractivity contribution in [2.24, 2.45) is 0 Å². The van der Waals surface area contributed by atoms with E-state index in [1.165, 1.54) is 42.2 Å². The first kappa shape index (κ1) is 27.0. The monoisotopic (exact) mass is 609 g/mol. The quantitative estimate of drug-likeness (QED) is 0.193. The Morgan fingerprint density at radius 3 is 2.07 bits per heavy atom. The van der Waals surface area contributed by atoms with Gasteiger partial charge in [0.1, 0.15) is 11.2 Å². The zero-order valence-electron chi connectivity index (χ0n) is 25.7. The fourth-order valence-electron chi connectivity index (χ4n) is 7.06. The molecule has 3 heteroatoms. The number of anilines is 3. The van der Waals surface area contributed by atoms with Gasteiger partial charge in [-0.2, -0.15) is 0 Å². The molecular formula is C43H31NOS. The summed E-state index contributed by atoms with van der Waals surface area (Å²) in [4.78, 5) is 2.44. The lowest BCUT2D eigenvalue weighted by Gasteiger charge is -2.28. The van der Waals surface area contributed by atoms with Gasteiger partial charge in [-0.05, 0) is 71.1 Å². The van der Waals surface area contributed by atoms with Crippen molar-refractivity contribution >= 4 is 81.3 Å². The Labute approximate surface area is 271 Å². The van der Waals surface area contributed by atoms with Crippen LogP contribution >= 0.6 is 11.3 Å². The molecule has 2 nitrogen and oxygen atoms in total. The molecule has 0 aliphatic heterocycles. The molecule has 0 fully saturated rings. The predicted octanol–water partition coefficient (Wildman–Crippen LogP) is 13.4. The highest BCUT2D eigenvalue weighted by Gasteiger charge is 2.22. The number of thiophene rings is 1. The Kier molecular flexibility index (Phi) is 6.22. The molecule has 0 amide bonds. The first-order chi connectivity index (χ1) is 22.6. The molecule has 0 aliphatic carbocycles. The lowest BCUT2D eigenvalue weighted by atomic mass is 9.95. The molecule has 2 heterocycles. The summed E-state index contributed by atoms with van der Waals surface area (Å²) in [6.45, 7) is 4.52. The minimum absolute atomic E-state index is 0.368. The number of hydrogen-bond donors (Lipinski definition) is 0. The number of nitrogens with zero attached hydrogens (tertiary/aromatic N) is 1. The van der Waals surface area contributed by atoms with Crippen molar-refractivity contribution in [2.45, 2.75) is 19.8 Å². The van der Waals surface area contributed by atoms with E-state index < -0.39 is 0 Å². The third-order valence-electron chi connectivity index (χ3n) is 9.21. The summed E-state index contributed by atoms with van der Waals surface area (Å²) in [6, 6.07) is 52.7. The lowest BCUT2D eigenvalue weighted by Crippen LogP contribution is -2.10. The predicted molar refractivity (Wildman–Crippen MR) is 198 cm³/mol. The van der Waals surface area contributed by atoms with Gasteiger partial charge in [-0.3, -0.25) is 0 Å². The van der Waals surface area contributed by atoms with Gasteiger partial charge in [0.05, 0.1) is 5.69 Å².